The average molecular weight is 352 g/mol. The zero-order valence-electron chi connectivity index (χ0n) is 14.3. The maximum absolute atomic E-state index is 11.4. The predicted molar refractivity (Wildman–Crippen MR) is 73.5 cm³/mol. The van der Waals surface area contributed by atoms with Crippen LogP contribution in [0.25, 0.3) is 0 Å². The van der Waals surface area contributed by atoms with Gasteiger partial charge in [-0.3, -0.25) is 9.97 Å². The molecule has 0 spiro atoms. The Morgan fingerprint density at radius 1 is 0.864 bits per heavy atom. The molecule has 0 radical (unpaired) electrons. The van der Waals surface area contributed by atoms with Gasteiger partial charge in [-0.05, 0) is 35.2 Å². The van der Waals surface area contributed by atoms with Gasteiger partial charge in [-0.2, -0.15) is 0 Å². The van der Waals surface area contributed by atoms with Crippen LogP contribution in [-0.4, -0.2) is 40.4 Å². The van der Waals surface area contributed by atoms with Crippen LogP contribution >= 0.6 is 0 Å². The summed E-state index contributed by atoms with van der Waals surface area (Å²) in [4.78, 5) is 18.9. The molecule has 0 aliphatic heterocycles. The van der Waals surface area contributed by atoms with Crippen LogP contribution in [0.1, 0.15) is 2.85 Å². The molecule has 2 rings (SSSR count). The van der Waals surface area contributed by atoms with Crippen molar-refractivity contribution in [3.63, 3.8) is 0 Å². The maximum atomic E-state index is 11.4. The first-order chi connectivity index (χ1) is 9.66. The molecule has 0 aromatic carbocycles. The Hall–Kier alpha value is 0.893. The van der Waals surface area contributed by atoms with E-state index in [1.807, 2.05) is 0 Å². The minimum Gasteiger partial charge on any atom is -1.00 e. The summed E-state index contributed by atoms with van der Waals surface area (Å²) in [5.41, 5.74) is 0.686. The topological polar surface area (TPSA) is 102 Å². The first-order valence-electron chi connectivity index (χ1n) is 5.70. The summed E-state index contributed by atoms with van der Waals surface area (Å²) < 4.78 is 9.24. The summed E-state index contributed by atoms with van der Waals surface area (Å²) >= 11 is 0. The first kappa shape index (κ1) is 22.9. The van der Waals surface area contributed by atoms with E-state index in [1.165, 1.54) is 49.1 Å². The van der Waals surface area contributed by atoms with Crippen molar-refractivity contribution >= 4 is 31.3 Å². The molecule has 104 valence electrons. The van der Waals surface area contributed by atoms with Gasteiger partial charge in [0.25, 0.3) is 0 Å². The number of pyridine rings is 2. The van der Waals surface area contributed by atoms with Gasteiger partial charge in [-0.25, -0.2) is 4.79 Å². The fourth-order valence-corrected chi connectivity index (χ4v) is 1.40. The van der Waals surface area contributed by atoms with E-state index < -0.39 is 20.4 Å². The Labute approximate surface area is 216 Å². The minimum absolute atomic E-state index is 0. The van der Waals surface area contributed by atoms with E-state index in [0.717, 1.165) is 0 Å². The van der Waals surface area contributed by atoms with E-state index in [1.54, 1.807) is 0 Å². The standard InChI is InChI=1S/C11H10B2N2O5.2K.2H/c16-11(19-12(17)9-1-5-14-6-2-9)20-13(18)10-3-7-15-8-4-10;;;;/h1-8,17-18H;;;;/q;2*+1;2*-1. The summed E-state index contributed by atoms with van der Waals surface area (Å²) in [6.07, 6.45) is 4.58. The molecule has 11 heteroatoms. The normalized spacial score (nSPS) is 8.82. The largest absolute Gasteiger partial charge is 1.00 e. The van der Waals surface area contributed by atoms with Gasteiger partial charge in [0.15, 0.2) is 0 Å². The molecule has 0 saturated carbocycles. The third-order valence-electron chi connectivity index (χ3n) is 2.40. The molecule has 2 N–H and O–H groups in total. The maximum Gasteiger partial charge on any atom is 1.00 e. The zero-order chi connectivity index (χ0) is 14.4. The fraction of sp³-hybridized carbons (Fsp3) is 0. The third kappa shape index (κ3) is 7.64. The Kier molecular flexibility index (Phi) is 12.8. The van der Waals surface area contributed by atoms with Crippen LogP contribution in [-0.2, 0) is 9.31 Å². The number of hydrogen-bond acceptors (Lipinski definition) is 7. The summed E-state index contributed by atoms with van der Waals surface area (Å²) in [6, 6.07) is 5.93. The second kappa shape index (κ2) is 12.3. The molecular formula is C11H12B2K2N2O5. The Morgan fingerprint density at radius 2 is 1.18 bits per heavy atom. The van der Waals surface area contributed by atoms with Crippen LogP contribution in [0, 0.1) is 0 Å². The molecule has 0 fully saturated rings. The van der Waals surface area contributed by atoms with Crippen molar-refractivity contribution < 1.29 is 130 Å². The number of nitrogens with zero attached hydrogens (tertiary/aromatic N) is 2. The van der Waals surface area contributed by atoms with Gasteiger partial charge < -0.3 is 22.2 Å². The van der Waals surface area contributed by atoms with Crippen LogP contribution in [0.15, 0.2) is 49.1 Å². The van der Waals surface area contributed by atoms with Crippen LogP contribution in [0.2, 0.25) is 0 Å². The monoisotopic (exact) mass is 352 g/mol. The van der Waals surface area contributed by atoms with E-state index in [2.05, 4.69) is 19.3 Å². The molecule has 2 aromatic heterocycles. The molecule has 0 aliphatic carbocycles. The van der Waals surface area contributed by atoms with Crippen molar-refractivity contribution in [3.8, 4) is 0 Å². The quantitative estimate of drug-likeness (QED) is 0.528. The number of aromatic nitrogens is 2. The molecule has 0 unspecified atom stereocenters. The summed E-state index contributed by atoms with van der Waals surface area (Å²) in [6.45, 7) is 0. The second-order valence-corrected chi connectivity index (χ2v) is 3.75. The Bertz CT molecular complexity index is 527. The van der Waals surface area contributed by atoms with E-state index in [-0.39, 0.29) is 106 Å². The summed E-state index contributed by atoms with van der Waals surface area (Å²) in [5.74, 6) is 0. The van der Waals surface area contributed by atoms with Crippen LogP contribution in [0.4, 0.5) is 4.79 Å². The van der Waals surface area contributed by atoms with Crippen molar-refractivity contribution in [3.05, 3.63) is 49.1 Å². The van der Waals surface area contributed by atoms with Crippen molar-refractivity contribution in [2.24, 2.45) is 0 Å². The molecule has 0 saturated heterocycles. The van der Waals surface area contributed by atoms with Gasteiger partial charge in [0.1, 0.15) is 0 Å². The van der Waals surface area contributed by atoms with Gasteiger partial charge in [-0.1, -0.05) is 0 Å². The molecule has 2 heterocycles. The van der Waals surface area contributed by atoms with Crippen molar-refractivity contribution in [2.45, 2.75) is 0 Å². The summed E-state index contributed by atoms with van der Waals surface area (Å²) in [7, 11) is -2.98. The van der Waals surface area contributed by atoms with Crippen molar-refractivity contribution in [1.29, 1.82) is 0 Å². The van der Waals surface area contributed by atoms with E-state index in [9.17, 15) is 14.8 Å². The van der Waals surface area contributed by atoms with E-state index in [0.29, 0.717) is 10.9 Å². The van der Waals surface area contributed by atoms with Gasteiger partial charge in [0.2, 0.25) is 0 Å². The average Bonchev–Trinajstić information content (AvgIpc) is 2.49. The molecule has 2 aromatic rings. The van der Waals surface area contributed by atoms with Crippen molar-refractivity contribution in [1.82, 2.24) is 9.97 Å². The minimum atomic E-state index is -1.49. The smallest absolute Gasteiger partial charge is 1.00 e. The Balaban J connectivity index is -0.00000110. The fourth-order valence-electron chi connectivity index (χ4n) is 1.40. The number of hydrogen-bond donors (Lipinski definition) is 2. The van der Waals surface area contributed by atoms with Crippen LogP contribution in [0.3, 0.4) is 0 Å². The molecule has 0 bridgehead atoms. The molecule has 0 aliphatic rings. The Morgan fingerprint density at radius 3 is 1.50 bits per heavy atom. The second-order valence-electron chi connectivity index (χ2n) is 3.75. The number of carbonyl (C=O) groups is 1. The molecule has 22 heavy (non-hydrogen) atoms. The van der Waals surface area contributed by atoms with Gasteiger partial charge >= 0.3 is 123 Å². The van der Waals surface area contributed by atoms with Gasteiger partial charge in [-0.15, -0.1) is 0 Å². The SMILES string of the molecule is O=C(OB(O)c1ccncc1)OB(O)c1ccncc1.[H-].[H-].[K+].[K+]. The molecular weight excluding hydrogens is 340 g/mol. The van der Waals surface area contributed by atoms with Crippen LogP contribution < -0.4 is 114 Å². The summed E-state index contributed by atoms with van der Waals surface area (Å²) in [5, 5.41) is 19.3. The van der Waals surface area contributed by atoms with Crippen molar-refractivity contribution in [2.75, 3.05) is 0 Å². The third-order valence-corrected chi connectivity index (χ3v) is 2.40. The van der Waals surface area contributed by atoms with E-state index >= 15 is 0 Å². The van der Waals surface area contributed by atoms with Gasteiger partial charge in [0, 0.05) is 24.8 Å². The number of carbonyl (C=O) groups excluding carboxylic acids is 1. The van der Waals surface area contributed by atoms with E-state index in [4.69, 9.17) is 0 Å². The van der Waals surface area contributed by atoms with Crippen LogP contribution in [0.5, 0.6) is 0 Å². The molecule has 7 nitrogen and oxygen atoms in total. The molecule has 0 atom stereocenters. The number of rotatable bonds is 4. The van der Waals surface area contributed by atoms with Gasteiger partial charge in [0.05, 0.1) is 0 Å². The zero-order valence-corrected chi connectivity index (χ0v) is 18.5. The molecule has 0 amide bonds. The first-order valence-corrected chi connectivity index (χ1v) is 5.70. The predicted octanol–water partition coefficient (Wildman–Crippen LogP) is -7.06.